The molecule has 0 aliphatic carbocycles. The van der Waals surface area contributed by atoms with Crippen molar-refractivity contribution in [1.82, 2.24) is 4.90 Å². The number of benzene rings is 2. The predicted molar refractivity (Wildman–Crippen MR) is 85.9 cm³/mol. The minimum absolute atomic E-state index is 1.11. The van der Waals surface area contributed by atoms with Gasteiger partial charge < -0.3 is 0 Å². The molecule has 0 saturated carbocycles. The van der Waals surface area contributed by atoms with Crippen molar-refractivity contribution in [2.75, 3.05) is 20.6 Å². The van der Waals surface area contributed by atoms with E-state index < -0.39 is 14.7 Å². The van der Waals surface area contributed by atoms with E-state index in [0.29, 0.717) is 0 Å². The molecule has 0 radical (unpaired) electrons. The van der Waals surface area contributed by atoms with Crippen LogP contribution in [0.15, 0.2) is 60.7 Å². The first-order valence-corrected chi connectivity index (χ1v) is 10.00. The summed E-state index contributed by atoms with van der Waals surface area (Å²) in [4.78, 5) is 2.28. The summed E-state index contributed by atoms with van der Waals surface area (Å²) in [5.41, 5.74) is 0. The summed E-state index contributed by atoms with van der Waals surface area (Å²) in [6.45, 7) is 1.19. The van der Waals surface area contributed by atoms with Crippen molar-refractivity contribution in [2.45, 2.75) is 11.6 Å². The number of rotatable bonds is 6. The fourth-order valence-corrected chi connectivity index (χ4v) is 7.07. The van der Waals surface area contributed by atoms with Gasteiger partial charge in [-0.05, 0) is 0 Å². The van der Waals surface area contributed by atoms with Gasteiger partial charge in [-0.3, -0.25) is 0 Å². The van der Waals surface area contributed by atoms with Crippen LogP contribution in [0.3, 0.4) is 0 Å². The second-order valence-electron chi connectivity index (χ2n) is 4.98. The molecule has 0 unspecified atom stereocenters. The molecule has 2 heteroatoms. The van der Waals surface area contributed by atoms with Crippen LogP contribution in [-0.4, -0.2) is 40.2 Å². The molecule has 2 aromatic carbocycles. The van der Waals surface area contributed by atoms with E-state index in [0.717, 1.165) is 0 Å². The Morgan fingerprint density at radius 3 is 1.68 bits per heavy atom. The zero-order chi connectivity index (χ0) is 13.5. The zero-order valence-electron chi connectivity index (χ0n) is 11.8. The Bertz CT molecular complexity index is 428. The Hall–Kier alpha value is -1.04. The van der Waals surface area contributed by atoms with Gasteiger partial charge in [0.2, 0.25) is 0 Å². The first-order valence-electron chi connectivity index (χ1n) is 6.80. The fraction of sp³-hybridized carbons (Fsp3) is 0.294. The van der Waals surface area contributed by atoms with Crippen LogP contribution in [0.25, 0.3) is 0 Å². The van der Waals surface area contributed by atoms with Gasteiger partial charge in [-0.15, -0.1) is 0 Å². The molecule has 0 N–H and O–H groups in total. The van der Waals surface area contributed by atoms with Crippen molar-refractivity contribution < 1.29 is 0 Å². The molecule has 0 saturated heterocycles. The molecule has 0 amide bonds. The van der Waals surface area contributed by atoms with Crippen LogP contribution in [0.5, 0.6) is 0 Å². The number of hydrogen-bond donors (Lipinski definition) is 0. The summed E-state index contributed by atoms with van der Waals surface area (Å²) < 4.78 is 3.14. The average molecular weight is 315 g/mol. The molecular weight excluding hydrogens is 293 g/mol. The van der Waals surface area contributed by atoms with Crippen molar-refractivity contribution in [3.05, 3.63) is 60.7 Å². The Labute approximate surface area is 121 Å². The molecule has 1 nitrogen and oxygen atoms in total. The second-order valence-corrected chi connectivity index (χ2v) is 9.88. The number of nitrogens with zero attached hydrogens (tertiary/aromatic N) is 1. The van der Waals surface area contributed by atoms with Crippen LogP contribution in [0.4, 0.5) is 0 Å². The maximum absolute atomic E-state index is 2.31. The molecule has 19 heavy (non-hydrogen) atoms. The van der Waals surface area contributed by atoms with Gasteiger partial charge in [-0.1, -0.05) is 0 Å². The van der Waals surface area contributed by atoms with E-state index in [1.807, 2.05) is 0 Å². The van der Waals surface area contributed by atoms with Crippen LogP contribution in [-0.2, 0) is 0 Å². The van der Waals surface area contributed by atoms with Gasteiger partial charge in [0.1, 0.15) is 0 Å². The summed E-state index contributed by atoms with van der Waals surface area (Å²) in [6, 6.07) is 22.1. The van der Waals surface area contributed by atoms with Crippen LogP contribution >= 0.6 is 0 Å². The van der Waals surface area contributed by atoms with E-state index in [1.54, 1.807) is 8.70 Å². The maximum atomic E-state index is 2.31. The van der Waals surface area contributed by atoms with E-state index in [2.05, 4.69) is 79.7 Å². The molecule has 0 aliphatic heterocycles. The molecule has 0 aromatic heterocycles. The molecule has 0 aliphatic rings. The van der Waals surface area contributed by atoms with E-state index >= 15 is 0 Å². The molecule has 0 atom stereocenters. The van der Waals surface area contributed by atoms with Gasteiger partial charge in [-0.2, -0.15) is 0 Å². The van der Waals surface area contributed by atoms with Gasteiger partial charge in [0.05, 0.1) is 0 Å². The van der Waals surface area contributed by atoms with Crippen molar-refractivity contribution in [3.8, 4) is 0 Å². The molecule has 0 spiro atoms. The summed E-state index contributed by atoms with van der Waals surface area (Å²) in [5.74, 6) is 0. The van der Waals surface area contributed by atoms with E-state index in [4.69, 9.17) is 0 Å². The van der Waals surface area contributed by atoms with Crippen molar-refractivity contribution in [3.63, 3.8) is 0 Å². The first-order chi connectivity index (χ1) is 9.27. The summed E-state index contributed by atoms with van der Waals surface area (Å²) >= 11 is -1.11. The van der Waals surface area contributed by atoms with Gasteiger partial charge in [0.15, 0.2) is 0 Å². The third-order valence-electron chi connectivity index (χ3n) is 3.12. The summed E-state index contributed by atoms with van der Waals surface area (Å²) in [6.07, 6.45) is 1.29. The van der Waals surface area contributed by atoms with Gasteiger partial charge in [-0.25, -0.2) is 0 Å². The van der Waals surface area contributed by atoms with E-state index in [9.17, 15) is 0 Å². The molecule has 0 bridgehead atoms. The predicted octanol–water partition coefficient (Wildman–Crippen LogP) is 2.25. The molecule has 0 fully saturated rings. The second kappa shape index (κ2) is 7.52. The van der Waals surface area contributed by atoms with Crippen LogP contribution in [0.2, 0.25) is 5.21 Å². The van der Waals surface area contributed by atoms with Gasteiger partial charge >= 0.3 is 121 Å². The molecule has 100 valence electrons. The summed E-state index contributed by atoms with van der Waals surface area (Å²) in [5, 5.41) is 1.35. The number of hydrogen-bond acceptors (Lipinski definition) is 1. The zero-order valence-corrected chi connectivity index (χ0v) is 13.7. The quantitative estimate of drug-likeness (QED) is 0.739. The van der Waals surface area contributed by atoms with Crippen molar-refractivity contribution in [2.24, 2.45) is 0 Å². The Balaban J connectivity index is 2.14. The third-order valence-corrected chi connectivity index (χ3v) is 8.59. The van der Waals surface area contributed by atoms with E-state index in [1.165, 1.54) is 18.2 Å². The molecular formula is C17H22AsN. The Morgan fingerprint density at radius 1 is 0.789 bits per heavy atom. The summed E-state index contributed by atoms with van der Waals surface area (Å²) in [7, 11) is 4.31. The van der Waals surface area contributed by atoms with E-state index in [-0.39, 0.29) is 0 Å². The van der Waals surface area contributed by atoms with Crippen LogP contribution in [0, 0.1) is 0 Å². The Morgan fingerprint density at radius 2 is 1.26 bits per heavy atom. The van der Waals surface area contributed by atoms with Crippen LogP contribution in [0.1, 0.15) is 6.42 Å². The standard InChI is InChI=1S/C17H22AsN/c1-19(2)15-9-14-18(16-10-5-3-6-11-16)17-12-7-4-8-13-17/h3-8,10-13H,9,14-15H2,1-2H3. The SMILES string of the molecule is CN(C)CCC[As](c1ccccc1)c1ccccc1. The first kappa shape index (κ1) is 14.4. The monoisotopic (exact) mass is 315 g/mol. The molecule has 0 heterocycles. The fourth-order valence-electron chi connectivity index (χ4n) is 2.17. The average Bonchev–Trinajstić information content (AvgIpc) is 2.45. The third kappa shape index (κ3) is 4.52. The molecule has 2 rings (SSSR count). The topological polar surface area (TPSA) is 3.24 Å². The van der Waals surface area contributed by atoms with Crippen molar-refractivity contribution >= 4 is 23.4 Å². The van der Waals surface area contributed by atoms with Gasteiger partial charge in [0.25, 0.3) is 0 Å². The van der Waals surface area contributed by atoms with Crippen molar-refractivity contribution in [1.29, 1.82) is 0 Å². The Kier molecular flexibility index (Phi) is 5.69. The van der Waals surface area contributed by atoms with Gasteiger partial charge in [0, 0.05) is 0 Å². The molecule has 2 aromatic rings. The minimum atomic E-state index is -1.11. The normalized spacial score (nSPS) is 11.2. The van der Waals surface area contributed by atoms with Crippen LogP contribution < -0.4 is 8.70 Å².